The summed E-state index contributed by atoms with van der Waals surface area (Å²) in [4.78, 5) is 17.6. The van der Waals surface area contributed by atoms with Gasteiger partial charge >= 0.3 is 6.18 Å². The first kappa shape index (κ1) is 17.6. The van der Waals surface area contributed by atoms with E-state index in [0.29, 0.717) is 11.4 Å². The first-order valence-corrected chi connectivity index (χ1v) is 6.89. The third-order valence-corrected chi connectivity index (χ3v) is 3.08. The van der Waals surface area contributed by atoms with E-state index in [1.54, 1.807) is 24.3 Å². The van der Waals surface area contributed by atoms with E-state index in [2.05, 4.69) is 9.72 Å². The molecule has 1 aromatic carbocycles. The van der Waals surface area contributed by atoms with Crippen LogP contribution in [0.1, 0.15) is 10.5 Å². The molecule has 1 amide bonds. The molecule has 0 saturated carbocycles. The molecule has 0 aliphatic rings. The number of nitrogens with zero attached hydrogens (tertiary/aromatic N) is 2. The van der Waals surface area contributed by atoms with E-state index in [0.717, 1.165) is 0 Å². The van der Waals surface area contributed by atoms with Gasteiger partial charge in [0.1, 0.15) is 11.4 Å². The third kappa shape index (κ3) is 4.37. The molecule has 5 nitrogen and oxygen atoms in total. The van der Waals surface area contributed by atoms with Gasteiger partial charge in [0.15, 0.2) is 6.61 Å². The largest absolute Gasteiger partial charge is 0.495 e. The minimum absolute atomic E-state index is 0.0388. The van der Waals surface area contributed by atoms with Gasteiger partial charge < -0.3 is 14.4 Å². The summed E-state index contributed by atoms with van der Waals surface area (Å²) in [5.41, 5.74) is 0.469. The van der Waals surface area contributed by atoms with Gasteiger partial charge in [0.2, 0.25) is 5.88 Å². The van der Waals surface area contributed by atoms with Crippen LogP contribution in [0.25, 0.3) is 0 Å². The fraction of sp³-hybridized carbons (Fsp3) is 0.250. The lowest BCUT2D eigenvalue weighted by Gasteiger charge is -2.19. The van der Waals surface area contributed by atoms with Crippen molar-refractivity contribution in [3.63, 3.8) is 0 Å². The number of pyridine rings is 1. The van der Waals surface area contributed by atoms with Crippen molar-refractivity contribution in [3.05, 3.63) is 48.2 Å². The number of para-hydroxylation sites is 2. The number of aromatic nitrogens is 1. The van der Waals surface area contributed by atoms with E-state index in [4.69, 9.17) is 4.74 Å². The van der Waals surface area contributed by atoms with Gasteiger partial charge in [-0.2, -0.15) is 13.2 Å². The van der Waals surface area contributed by atoms with E-state index in [-0.39, 0.29) is 11.6 Å². The monoisotopic (exact) mass is 340 g/mol. The minimum Gasteiger partial charge on any atom is -0.495 e. The average Bonchev–Trinajstić information content (AvgIpc) is 2.58. The van der Waals surface area contributed by atoms with Crippen molar-refractivity contribution in [2.45, 2.75) is 6.18 Å². The molecule has 0 atom stereocenters. The standard InChI is InChI=1S/C16H15F3N2O3/c1-21(12-7-3-4-8-13(12)23-2)15(22)11-6-5-9-14(20-11)24-10-16(17,18)19/h3-9H,10H2,1-2H3. The summed E-state index contributed by atoms with van der Waals surface area (Å²) < 4.78 is 46.3. The van der Waals surface area contributed by atoms with E-state index >= 15 is 0 Å². The molecule has 1 aromatic heterocycles. The van der Waals surface area contributed by atoms with Gasteiger partial charge in [-0.3, -0.25) is 4.79 Å². The number of anilines is 1. The Hall–Kier alpha value is -2.77. The Morgan fingerprint density at radius 2 is 1.88 bits per heavy atom. The summed E-state index contributed by atoms with van der Waals surface area (Å²) in [7, 11) is 2.99. The smallest absolute Gasteiger partial charge is 0.422 e. The van der Waals surface area contributed by atoms with Crippen LogP contribution in [0.4, 0.5) is 18.9 Å². The molecule has 24 heavy (non-hydrogen) atoms. The maximum absolute atomic E-state index is 12.5. The van der Waals surface area contributed by atoms with Crippen LogP contribution in [-0.2, 0) is 0 Å². The Labute approximate surface area is 136 Å². The van der Waals surface area contributed by atoms with Crippen LogP contribution in [0.5, 0.6) is 11.6 Å². The number of rotatable bonds is 5. The van der Waals surface area contributed by atoms with Gasteiger partial charge in [-0.15, -0.1) is 0 Å². The number of halogens is 3. The normalized spacial score (nSPS) is 11.0. The molecular formula is C16H15F3N2O3. The number of hydrogen-bond acceptors (Lipinski definition) is 4. The quantitative estimate of drug-likeness (QED) is 0.838. The molecule has 0 fully saturated rings. The molecule has 0 saturated heterocycles. The molecule has 8 heteroatoms. The molecule has 0 radical (unpaired) electrons. The third-order valence-electron chi connectivity index (χ3n) is 3.08. The highest BCUT2D eigenvalue weighted by molar-refractivity contribution is 6.05. The van der Waals surface area contributed by atoms with Crippen molar-refractivity contribution in [2.75, 3.05) is 25.7 Å². The van der Waals surface area contributed by atoms with E-state index in [9.17, 15) is 18.0 Å². The number of methoxy groups -OCH3 is 1. The molecule has 2 rings (SSSR count). The molecule has 128 valence electrons. The first-order chi connectivity index (χ1) is 11.3. The van der Waals surface area contributed by atoms with Crippen LogP contribution in [0.15, 0.2) is 42.5 Å². The summed E-state index contributed by atoms with van der Waals surface area (Å²) >= 11 is 0. The van der Waals surface area contributed by atoms with Crippen molar-refractivity contribution in [3.8, 4) is 11.6 Å². The van der Waals surface area contributed by atoms with Crippen molar-refractivity contribution >= 4 is 11.6 Å². The van der Waals surface area contributed by atoms with Crippen molar-refractivity contribution in [2.24, 2.45) is 0 Å². The van der Waals surface area contributed by atoms with Crippen LogP contribution in [-0.4, -0.2) is 37.8 Å². The Bertz CT molecular complexity index is 720. The fourth-order valence-corrected chi connectivity index (χ4v) is 1.96. The van der Waals surface area contributed by atoms with Gasteiger partial charge in [0.25, 0.3) is 5.91 Å². The summed E-state index contributed by atoms with van der Waals surface area (Å²) in [5.74, 6) is -0.290. The van der Waals surface area contributed by atoms with Crippen LogP contribution < -0.4 is 14.4 Å². The van der Waals surface area contributed by atoms with Crippen LogP contribution in [0.3, 0.4) is 0 Å². The zero-order valence-electron chi connectivity index (χ0n) is 13.0. The number of alkyl halides is 3. The Kier molecular flexibility index (Phi) is 5.28. The second-order valence-electron chi connectivity index (χ2n) is 4.80. The second kappa shape index (κ2) is 7.20. The molecule has 2 aromatic rings. The number of carbonyl (C=O) groups is 1. The SMILES string of the molecule is COc1ccccc1N(C)C(=O)c1cccc(OCC(F)(F)F)n1. The van der Waals surface area contributed by atoms with Crippen molar-refractivity contribution in [1.82, 2.24) is 4.98 Å². The zero-order chi connectivity index (χ0) is 17.7. The second-order valence-corrected chi connectivity index (χ2v) is 4.80. The van der Waals surface area contributed by atoms with E-state index in [1.807, 2.05) is 0 Å². The lowest BCUT2D eigenvalue weighted by molar-refractivity contribution is -0.154. The predicted octanol–water partition coefficient (Wildman–Crippen LogP) is 3.31. The Morgan fingerprint density at radius 3 is 2.54 bits per heavy atom. The van der Waals surface area contributed by atoms with E-state index < -0.39 is 18.7 Å². The summed E-state index contributed by atoms with van der Waals surface area (Å²) in [6, 6.07) is 10.9. The number of carbonyl (C=O) groups excluding carboxylic acids is 1. The molecule has 1 heterocycles. The lowest BCUT2D eigenvalue weighted by Crippen LogP contribution is -2.27. The molecule has 0 aliphatic carbocycles. The molecule has 0 aliphatic heterocycles. The van der Waals surface area contributed by atoms with Crippen molar-refractivity contribution in [1.29, 1.82) is 0 Å². The van der Waals surface area contributed by atoms with Gasteiger partial charge in [-0.1, -0.05) is 18.2 Å². The fourth-order valence-electron chi connectivity index (χ4n) is 1.96. The van der Waals surface area contributed by atoms with Crippen LogP contribution >= 0.6 is 0 Å². The highest BCUT2D eigenvalue weighted by Gasteiger charge is 2.29. The summed E-state index contributed by atoms with van der Waals surface area (Å²) in [6.07, 6.45) is -4.48. The van der Waals surface area contributed by atoms with Gasteiger partial charge in [-0.25, -0.2) is 4.98 Å². The van der Waals surface area contributed by atoms with Gasteiger partial charge in [-0.05, 0) is 18.2 Å². The van der Waals surface area contributed by atoms with Gasteiger partial charge in [0.05, 0.1) is 12.8 Å². The van der Waals surface area contributed by atoms with Crippen molar-refractivity contribution < 1.29 is 27.4 Å². The average molecular weight is 340 g/mol. The Morgan fingerprint density at radius 1 is 1.17 bits per heavy atom. The topological polar surface area (TPSA) is 51.7 Å². The maximum Gasteiger partial charge on any atom is 0.422 e. The predicted molar refractivity (Wildman–Crippen MR) is 81.5 cm³/mol. The number of amides is 1. The maximum atomic E-state index is 12.5. The van der Waals surface area contributed by atoms with E-state index in [1.165, 1.54) is 37.3 Å². The zero-order valence-corrected chi connectivity index (χ0v) is 13.0. The summed E-state index contributed by atoms with van der Waals surface area (Å²) in [5, 5.41) is 0. The molecule has 0 unspecified atom stereocenters. The molecular weight excluding hydrogens is 325 g/mol. The highest BCUT2D eigenvalue weighted by Crippen LogP contribution is 2.27. The molecule has 0 N–H and O–H groups in total. The molecule has 0 bridgehead atoms. The highest BCUT2D eigenvalue weighted by atomic mass is 19.4. The van der Waals surface area contributed by atoms with Gasteiger partial charge in [0, 0.05) is 13.1 Å². The van der Waals surface area contributed by atoms with Crippen LogP contribution in [0.2, 0.25) is 0 Å². The molecule has 0 spiro atoms. The first-order valence-electron chi connectivity index (χ1n) is 6.89. The van der Waals surface area contributed by atoms with Crippen LogP contribution in [0, 0.1) is 0 Å². The number of benzene rings is 1. The summed E-state index contributed by atoms with van der Waals surface area (Å²) in [6.45, 7) is -1.47. The number of hydrogen-bond donors (Lipinski definition) is 0. The Balaban J connectivity index is 2.20. The lowest BCUT2D eigenvalue weighted by atomic mass is 10.2. The number of ether oxygens (including phenoxy) is 2. The minimum atomic E-state index is -4.48.